The Balaban J connectivity index is 1.68. The Bertz CT molecular complexity index is 601. The van der Waals surface area contributed by atoms with Crippen LogP contribution >= 0.6 is 15.9 Å². The highest BCUT2D eigenvalue weighted by Crippen LogP contribution is 2.12. The van der Waals surface area contributed by atoms with Crippen LogP contribution < -0.4 is 10.1 Å². The normalized spacial score (nSPS) is 10.2. The molecule has 1 amide bonds. The summed E-state index contributed by atoms with van der Waals surface area (Å²) in [5.41, 5.74) is 0.946. The van der Waals surface area contributed by atoms with Crippen LogP contribution in [0.5, 0.6) is 5.75 Å². The van der Waals surface area contributed by atoms with Gasteiger partial charge in [-0.15, -0.1) is 0 Å². The standard InChI is InChI=1S/C16H15BrFNO2/c17-13-3-1-2-12(10-13)11-16(20)19-8-9-21-15-6-4-14(18)5-7-15/h1-7,10H,8-9,11H2,(H,19,20). The number of amides is 1. The molecule has 2 rings (SSSR count). The van der Waals surface area contributed by atoms with E-state index in [1.54, 1.807) is 12.1 Å². The highest BCUT2D eigenvalue weighted by atomic mass is 79.9. The van der Waals surface area contributed by atoms with Crippen molar-refractivity contribution in [2.24, 2.45) is 0 Å². The monoisotopic (exact) mass is 351 g/mol. The van der Waals surface area contributed by atoms with Crippen LogP contribution in [0, 0.1) is 5.82 Å². The minimum absolute atomic E-state index is 0.0594. The SMILES string of the molecule is O=C(Cc1cccc(Br)c1)NCCOc1ccc(F)cc1. The smallest absolute Gasteiger partial charge is 0.224 e. The van der Waals surface area contributed by atoms with Crippen molar-refractivity contribution in [3.8, 4) is 5.75 Å². The number of carbonyl (C=O) groups is 1. The van der Waals surface area contributed by atoms with Crippen LogP contribution in [-0.2, 0) is 11.2 Å². The van der Waals surface area contributed by atoms with Gasteiger partial charge in [-0.2, -0.15) is 0 Å². The molecule has 5 heteroatoms. The molecule has 0 saturated carbocycles. The van der Waals surface area contributed by atoms with Crippen LogP contribution in [0.3, 0.4) is 0 Å². The summed E-state index contributed by atoms with van der Waals surface area (Å²) in [6.07, 6.45) is 0.329. The second-order valence-electron chi connectivity index (χ2n) is 4.46. The number of halogens is 2. The van der Waals surface area contributed by atoms with Crippen molar-refractivity contribution >= 4 is 21.8 Å². The lowest BCUT2D eigenvalue weighted by atomic mass is 10.1. The third-order valence-corrected chi connectivity index (χ3v) is 3.25. The van der Waals surface area contributed by atoms with Crippen molar-refractivity contribution in [2.75, 3.05) is 13.2 Å². The van der Waals surface area contributed by atoms with Crippen molar-refractivity contribution in [1.29, 1.82) is 0 Å². The second kappa shape index (κ2) is 7.78. The zero-order chi connectivity index (χ0) is 15.1. The maximum Gasteiger partial charge on any atom is 0.224 e. The molecule has 3 nitrogen and oxygen atoms in total. The van der Waals surface area contributed by atoms with Gasteiger partial charge in [0.1, 0.15) is 18.2 Å². The first-order chi connectivity index (χ1) is 10.1. The Morgan fingerprint density at radius 3 is 2.67 bits per heavy atom. The van der Waals surface area contributed by atoms with Gasteiger partial charge in [-0.3, -0.25) is 4.79 Å². The molecule has 0 heterocycles. The molecule has 0 atom stereocenters. The molecule has 0 aromatic heterocycles. The van der Waals surface area contributed by atoms with Crippen molar-refractivity contribution in [3.63, 3.8) is 0 Å². The van der Waals surface area contributed by atoms with E-state index in [0.29, 0.717) is 25.3 Å². The van der Waals surface area contributed by atoms with Gasteiger partial charge < -0.3 is 10.1 Å². The number of hydrogen-bond donors (Lipinski definition) is 1. The van der Waals surface area contributed by atoms with E-state index in [1.807, 2.05) is 24.3 Å². The fourth-order valence-electron chi connectivity index (χ4n) is 1.78. The Hall–Kier alpha value is -1.88. The highest BCUT2D eigenvalue weighted by molar-refractivity contribution is 9.10. The summed E-state index contributed by atoms with van der Waals surface area (Å²) in [7, 11) is 0. The molecule has 0 saturated heterocycles. The lowest BCUT2D eigenvalue weighted by molar-refractivity contribution is -0.120. The van der Waals surface area contributed by atoms with Gasteiger partial charge in [0.05, 0.1) is 13.0 Å². The van der Waals surface area contributed by atoms with Crippen LogP contribution in [0.2, 0.25) is 0 Å². The lowest BCUT2D eigenvalue weighted by Crippen LogP contribution is -2.29. The lowest BCUT2D eigenvalue weighted by Gasteiger charge is -2.08. The summed E-state index contributed by atoms with van der Waals surface area (Å²) in [5.74, 6) is 0.220. The van der Waals surface area contributed by atoms with Gasteiger partial charge in [-0.25, -0.2) is 4.39 Å². The zero-order valence-corrected chi connectivity index (χ0v) is 12.9. The predicted octanol–water partition coefficient (Wildman–Crippen LogP) is 3.33. The average Bonchev–Trinajstić information content (AvgIpc) is 2.45. The Morgan fingerprint density at radius 2 is 1.95 bits per heavy atom. The van der Waals surface area contributed by atoms with Crippen molar-refractivity contribution in [1.82, 2.24) is 5.32 Å². The first-order valence-corrected chi connectivity index (χ1v) is 7.32. The summed E-state index contributed by atoms with van der Waals surface area (Å²) in [5, 5.41) is 2.78. The minimum Gasteiger partial charge on any atom is -0.492 e. The van der Waals surface area contributed by atoms with Crippen LogP contribution in [0.1, 0.15) is 5.56 Å². The van der Waals surface area contributed by atoms with Crippen LogP contribution in [0.4, 0.5) is 4.39 Å². The molecule has 0 fully saturated rings. The molecule has 0 spiro atoms. The third kappa shape index (κ3) is 5.55. The largest absolute Gasteiger partial charge is 0.492 e. The number of ether oxygens (including phenoxy) is 1. The summed E-state index contributed by atoms with van der Waals surface area (Å²) in [6, 6.07) is 13.4. The van der Waals surface area contributed by atoms with Gasteiger partial charge in [0.2, 0.25) is 5.91 Å². The van der Waals surface area contributed by atoms with Crippen molar-refractivity contribution in [2.45, 2.75) is 6.42 Å². The number of rotatable bonds is 6. The molecule has 2 aromatic rings. The quantitative estimate of drug-likeness (QED) is 0.810. The van der Waals surface area contributed by atoms with Crippen LogP contribution in [-0.4, -0.2) is 19.1 Å². The molecule has 1 N–H and O–H groups in total. The summed E-state index contributed by atoms with van der Waals surface area (Å²) >= 11 is 3.37. The van der Waals surface area contributed by atoms with E-state index in [0.717, 1.165) is 10.0 Å². The molecule has 0 aliphatic heterocycles. The molecule has 0 bridgehead atoms. The molecule has 2 aromatic carbocycles. The number of hydrogen-bond acceptors (Lipinski definition) is 2. The molecule has 110 valence electrons. The summed E-state index contributed by atoms with van der Waals surface area (Å²) < 4.78 is 19.0. The van der Waals surface area contributed by atoms with Crippen molar-refractivity contribution in [3.05, 3.63) is 64.4 Å². The number of carbonyl (C=O) groups excluding carboxylic acids is 1. The molecular weight excluding hydrogens is 337 g/mol. The second-order valence-corrected chi connectivity index (χ2v) is 5.37. The molecule has 0 aliphatic carbocycles. The van der Waals surface area contributed by atoms with Gasteiger partial charge in [-0.05, 0) is 42.0 Å². The van der Waals surface area contributed by atoms with E-state index in [-0.39, 0.29) is 11.7 Å². The fraction of sp³-hybridized carbons (Fsp3) is 0.188. The maximum atomic E-state index is 12.7. The predicted molar refractivity (Wildman–Crippen MR) is 82.8 cm³/mol. The Labute approximate surface area is 131 Å². The van der Waals surface area contributed by atoms with E-state index in [2.05, 4.69) is 21.2 Å². The summed E-state index contributed by atoms with van der Waals surface area (Å²) in [4.78, 5) is 11.7. The third-order valence-electron chi connectivity index (χ3n) is 2.76. The van der Waals surface area contributed by atoms with Crippen molar-refractivity contribution < 1.29 is 13.9 Å². The van der Waals surface area contributed by atoms with Crippen LogP contribution in [0.25, 0.3) is 0 Å². The molecular formula is C16H15BrFNO2. The minimum atomic E-state index is -0.301. The first kappa shape index (κ1) is 15.5. The molecule has 0 radical (unpaired) electrons. The van der Waals surface area contributed by atoms with E-state index >= 15 is 0 Å². The number of nitrogens with one attached hydrogen (secondary N) is 1. The fourth-order valence-corrected chi connectivity index (χ4v) is 2.23. The van der Waals surface area contributed by atoms with Gasteiger partial charge in [0.25, 0.3) is 0 Å². The summed E-state index contributed by atoms with van der Waals surface area (Å²) in [6.45, 7) is 0.750. The Kier molecular flexibility index (Phi) is 5.75. The molecule has 0 aliphatic rings. The average molecular weight is 352 g/mol. The van der Waals surface area contributed by atoms with E-state index in [4.69, 9.17) is 4.74 Å². The van der Waals surface area contributed by atoms with E-state index in [1.165, 1.54) is 12.1 Å². The van der Waals surface area contributed by atoms with E-state index in [9.17, 15) is 9.18 Å². The van der Waals surface area contributed by atoms with Gasteiger partial charge >= 0.3 is 0 Å². The van der Waals surface area contributed by atoms with Crippen LogP contribution in [0.15, 0.2) is 53.0 Å². The highest BCUT2D eigenvalue weighted by Gasteiger charge is 2.03. The number of benzene rings is 2. The molecule has 21 heavy (non-hydrogen) atoms. The molecule has 0 unspecified atom stereocenters. The van der Waals surface area contributed by atoms with Gasteiger partial charge in [-0.1, -0.05) is 28.1 Å². The Morgan fingerprint density at radius 1 is 1.19 bits per heavy atom. The van der Waals surface area contributed by atoms with Gasteiger partial charge in [0, 0.05) is 4.47 Å². The van der Waals surface area contributed by atoms with E-state index < -0.39 is 0 Å². The first-order valence-electron chi connectivity index (χ1n) is 6.53. The zero-order valence-electron chi connectivity index (χ0n) is 11.3. The topological polar surface area (TPSA) is 38.3 Å². The van der Waals surface area contributed by atoms with Gasteiger partial charge in [0.15, 0.2) is 0 Å². The maximum absolute atomic E-state index is 12.7.